The number of aromatic hydroxyl groups is 1. The van der Waals surface area contributed by atoms with Crippen molar-refractivity contribution in [2.24, 2.45) is 5.84 Å². The Labute approximate surface area is 81.5 Å². The number of anilines is 1. The number of carbonyl (C=O) groups excluding carboxylic acids is 1. The maximum atomic E-state index is 11.4. The van der Waals surface area contributed by atoms with Crippen molar-refractivity contribution in [1.82, 2.24) is 0 Å². The largest absolute Gasteiger partial charge is 0.507 e. The first-order valence-electron chi connectivity index (χ1n) is 4.16. The van der Waals surface area contributed by atoms with Gasteiger partial charge in [-0.15, -0.1) is 0 Å². The maximum absolute atomic E-state index is 11.4. The van der Waals surface area contributed by atoms with Crippen LogP contribution in [0.3, 0.4) is 0 Å². The van der Waals surface area contributed by atoms with Crippen LogP contribution in [0.4, 0.5) is 5.69 Å². The number of carbonyl (C=O) groups is 1. The van der Waals surface area contributed by atoms with E-state index in [4.69, 9.17) is 10.6 Å². The molecule has 0 radical (unpaired) electrons. The van der Waals surface area contributed by atoms with Gasteiger partial charge >= 0.3 is 5.97 Å². The first-order valence-corrected chi connectivity index (χ1v) is 4.16. The number of rotatable bonds is 3. The third-order valence-corrected chi connectivity index (χ3v) is 1.68. The molecule has 0 aliphatic rings. The molecule has 0 heterocycles. The van der Waals surface area contributed by atoms with Crippen molar-refractivity contribution in [3.05, 3.63) is 23.8 Å². The molecular weight excluding hydrogens is 184 g/mol. The molecule has 0 atom stereocenters. The SMILES string of the molecule is CCOC(=O)c1c(O)cccc1NN. The number of hydrazine groups is 1. The van der Waals surface area contributed by atoms with Gasteiger partial charge in [-0.25, -0.2) is 4.79 Å². The molecule has 0 amide bonds. The summed E-state index contributed by atoms with van der Waals surface area (Å²) >= 11 is 0. The molecule has 0 spiro atoms. The van der Waals surface area contributed by atoms with E-state index < -0.39 is 5.97 Å². The zero-order valence-electron chi connectivity index (χ0n) is 7.78. The number of nitrogen functional groups attached to an aromatic ring is 1. The molecular formula is C9H12N2O3. The first-order chi connectivity index (χ1) is 6.70. The predicted octanol–water partition coefficient (Wildman–Crippen LogP) is 0.854. The smallest absolute Gasteiger partial charge is 0.344 e. The number of nitrogens with one attached hydrogen (secondary N) is 1. The van der Waals surface area contributed by atoms with Gasteiger partial charge in [-0.05, 0) is 19.1 Å². The number of hydrogen-bond acceptors (Lipinski definition) is 5. The molecule has 0 unspecified atom stereocenters. The molecule has 5 nitrogen and oxygen atoms in total. The van der Waals surface area contributed by atoms with Crippen LogP contribution in [-0.4, -0.2) is 17.7 Å². The summed E-state index contributed by atoms with van der Waals surface area (Å²) < 4.78 is 4.76. The predicted molar refractivity (Wildman–Crippen MR) is 51.9 cm³/mol. The summed E-state index contributed by atoms with van der Waals surface area (Å²) in [4.78, 5) is 11.4. The van der Waals surface area contributed by atoms with Gasteiger partial charge in [0.05, 0.1) is 12.3 Å². The van der Waals surface area contributed by atoms with Gasteiger partial charge in [0.2, 0.25) is 0 Å². The summed E-state index contributed by atoms with van der Waals surface area (Å²) in [5.41, 5.74) is 2.70. The second-order valence-corrected chi connectivity index (χ2v) is 2.56. The Morgan fingerprint density at radius 1 is 1.64 bits per heavy atom. The van der Waals surface area contributed by atoms with Gasteiger partial charge in [0.15, 0.2) is 0 Å². The lowest BCUT2D eigenvalue weighted by molar-refractivity contribution is 0.0524. The summed E-state index contributed by atoms with van der Waals surface area (Å²) in [5.74, 6) is 4.43. The maximum Gasteiger partial charge on any atom is 0.344 e. The Bertz CT molecular complexity index is 339. The van der Waals surface area contributed by atoms with Crippen LogP contribution in [0.2, 0.25) is 0 Å². The Balaban J connectivity index is 3.10. The molecule has 0 aromatic heterocycles. The van der Waals surface area contributed by atoms with Gasteiger partial charge < -0.3 is 15.3 Å². The highest BCUT2D eigenvalue weighted by atomic mass is 16.5. The van der Waals surface area contributed by atoms with E-state index in [-0.39, 0.29) is 17.9 Å². The molecule has 14 heavy (non-hydrogen) atoms. The third-order valence-electron chi connectivity index (χ3n) is 1.68. The standard InChI is InChI=1S/C9H12N2O3/c1-2-14-9(13)8-6(11-10)4-3-5-7(8)12/h3-5,11-12H,2,10H2,1H3. The minimum atomic E-state index is -0.599. The number of nitrogens with two attached hydrogens (primary N) is 1. The van der Waals surface area contributed by atoms with Crippen LogP contribution in [0.1, 0.15) is 17.3 Å². The highest BCUT2D eigenvalue weighted by molar-refractivity contribution is 5.98. The second-order valence-electron chi connectivity index (χ2n) is 2.56. The van der Waals surface area contributed by atoms with Crippen molar-refractivity contribution in [3.8, 4) is 5.75 Å². The quantitative estimate of drug-likeness (QED) is 0.379. The van der Waals surface area contributed by atoms with Crippen LogP contribution in [-0.2, 0) is 4.74 Å². The summed E-state index contributed by atoms with van der Waals surface area (Å²) in [7, 11) is 0. The highest BCUT2D eigenvalue weighted by Gasteiger charge is 2.16. The number of phenolic OH excluding ortho intramolecular Hbond substituents is 1. The summed E-state index contributed by atoms with van der Waals surface area (Å²) in [5, 5.41) is 9.42. The highest BCUT2D eigenvalue weighted by Crippen LogP contribution is 2.25. The molecule has 0 aliphatic carbocycles. The van der Waals surface area contributed by atoms with Gasteiger partial charge in [-0.2, -0.15) is 0 Å². The Morgan fingerprint density at radius 3 is 2.93 bits per heavy atom. The average Bonchev–Trinajstić information content (AvgIpc) is 2.17. The first kappa shape index (κ1) is 10.3. The second kappa shape index (κ2) is 4.48. The number of phenols is 1. The zero-order valence-corrected chi connectivity index (χ0v) is 7.78. The topological polar surface area (TPSA) is 84.6 Å². The van der Waals surface area contributed by atoms with Crippen LogP contribution in [0.5, 0.6) is 5.75 Å². The van der Waals surface area contributed by atoms with Crippen LogP contribution in [0.25, 0.3) is 0 Å². The molecule has 5 heteroatoms. The van der Waals surface area contributed by atoms with Gasteiger partial charge in [0, 0.05) is 0 Å². The van der Waals surface area contributed by atoms with Crippen molar-refractivity contribution in [2.45, 2.75) is 6.92 Å². The van der Waals surface area contributed by atoms with Gasteiger partial charge in [-0.3, -0.25) is 5.84 Å². The van der Waals surface area contributed by atoms with E-state index in [1.54, 1.807) is 19.1 Å². The third kappa shape index (κ3) is 1.94. The monoisotopic (exact) mass is 196 g/mol. The van der Waals surface area contributed by atoms with Crippen molar-refractivity contribution < 1.29 is 14.6 Å². The number of esters is 1. The van der Waals surface area contributed by atoms with Crippen molar-refractivity contribution >= 4 is 11.7 Å². The fourth-order valence-corrected chi connectivity index (χ4v) is 1.08. The van der Waals surface area contributed by atoms with E-state index in [1.807, 2.05) is 0 Å². The summed E-state index contributed by atoms with van der Waals surface area (Å²) in [6, 6.07) is 4.55. The minimum Gasteiger partial charge on any atom is -0.507 e. The average molecular weight is 196 g/mol. The van der Waals surface area contributed by atoms with E-state index in [2.05, 4.69) is 5.43 Å². The van der Waals surface area contributed by atoms with Crippen molar-refractivity contribution in [2.75, 3.05) is 12.0 Å². The fraction of sp³-hybridized carbons (Fsp3) is 0.222. The van der Waals surface area contributed by atoms with Crippen LogP contribution < -0.4 is 11.3 Å². The van der Waals surface area contributed by atoms with E-state index in [9.17, 15) is 9.90 Å². The fourth-order valence-electron chi connectivity index (χ4n) is 1.08. The molecule has 0 saturated carbocycles. The molecule has 1 aromatic rings. The molecule has 0 aliphatic heterocycles. The van der Waals surface area contributed by atoms with E-state index in [0.29, 0.717) is 5.69 Å². The van der Waals surface area contributed by atoms with Gasteiger partial charge in [-0.1, -0.05) is 6.07 Å². The molecule has 76 valence electrons. The van der Waals surface area contributed by atoms with Crippen molar-refractivity contribution in [1.29, 1.82) is 0 Å². The van der Waals surface area contributed by atoms with E-state index >= 15 is 0 Å². The van der Waals surface area contributed by atoms with Gasteiger partial charge in [0.25, 0.3) is 0 Å². The van der Waals surface area contributed by atoms with Crippen LogP contribution in [0.15, 0.2) is 18.2 Å². The lowest BCUT2D eigenvalue weighted by atomic mass is 10.1. The number of benzene rings is 1. The Hall–Kier alpha value is -1.75. The molecule has 0 fully saturated rings. The summed E-state index contributed by atoms with van der Waals surface area (Å²) in [6.07, 6.45) is 0. The molecule has 0 saturated heterocycles. The van der Waals surface area contributed by atoms with Crippen LogP contribution in [0, 0.1) is 0 Å². The molecule has 0 bridgehead atoms. The summed E-state index contributed by atoms with van der Waals surface area (Å²) in [6.45, 7) is 1.94. The normalized spacial score (nSPS) is 9.57. The minimum absolute atomic E-state index is 0.0526. The lowest BCUT2D eigenvalue weighted by Gasteiger charge is -2.09. The number of hydrogen-bond donors (Lipinski definition) is 3. The Morgan fingerprint density at radius 2 is 2.36 bits per heavy atom. The molecule has 1 aromatic carbocycles. The van der Waals surface area contributed by atoms with E-state index in [0.717, 1.165) is 0 Å². The van der Waals surface area contributed by atoms with Gasteiger partial charge in [0.1, 0.15) is 11.3 Å². The zero-order chi connectivity index (χ0) is 10.6. The van der Waals surface area contributed by atoms with Crippen LogP contribution >= 0.6 is 0 Å². The lowest BCUT2D eigenvalue weighted by Crippen LogP contribution is -2.13. The van der Waals surface area contributed by atoms with E-state index in [1.165, 1.54) is 6.07 Å². The van der Waals surface area contributed by atoms with Crippen molar-refractivity contribution in [3.63, 3.8) is 0 Å². The molecule has 1 rings (SSSR count). The number of ether oxygens (including phenoxy) is 1. The Kier molecular flexibility index (Phi) is 3.30. The molecule has 4 N–H and O–H groups in total.